The number of ether oxygens (including phenoxy) is 1. The third kappa shape index (κ3) is 6.87. The molecule has 28 heavy (non-hydrogen) atoms. The van der Waals surface area contributed by atoms with Crippen LogP contribution in [0.15, 0.2) is 36.4 Å². The van der Waals surface area contributed by atoms with E-state index in [0.29, 0.717) is 21.4 Å². The van der Waals surface area contributed by atoms with Crippen molar-refractivity contribution in [2.45, 2.75) is 26.7 Å². The summed E-state index contributed by atoms with van der Waals surface area (Å²) in [6.45, 7) is 3.37. The summed E-state index contributed by atoms with van der Waals surface area (Å²) in [6.07, 6.45) is -0.185. The number of benzene rings is 2. The molecule has 0 saturated carbocycles. The number of carbonyl (C=O) groups is 3. The third-order valence-corrected chi connectivity index (χ3v) is 4.34. The quantitative estimate of drug-likeness (QED) is 0.642. The molecule has 2 aromatic rings. The van der Waals surface area contributed by atoms with E-state index in [1.165, 1.54) is 6.07 Å². The average Bonchev–Trinajstić information content (AvgIpc) is 2.63. The van der Waals surface area contributed by atoms with Gasteiger partial charge in [-0.05, 0) is 43.7 Å². The molecule has 2 rings (SSSR count). The van der Waals surface area contributed by atoms with Gasteiger partial charge < -0.3 is 15.4 Å². The molecule has 2 N–H and O–H groups in total. The molecule has 0 atom stereocenters. The summed E-state index contributed by atoms with van der Waals surface area (Å²) < 4.78 is 4.88. The van der Waals surface area contributed by atoms with Crippen molar-refractivity contribution in [1.29, 1.82) is 0 Å². The first-order valence-electron chi connectivity index (χ1n) is 8.52. The highest BCUT2D eigenvalue weighted by molar-refractivity contribution is 6.35. The molecule has 0 aliphatic rings. The lowest BCUT2D eigenvalue weighted by Crippen LogP contribution is -2.22. The Kier molecular flexibility index (Phi) is 7.84. The van der Waals surface area contributed by atoms with E-state index in [9.17, 15) is 14.4 Å². The van der Waals surface area contributed by atoms with Crippen molar-refractivity contribution in [3.8, 4) is 0 Å². The lowest BCUT2D eigenvalue weighted by atomic mass is 10.1. The molecule has 0 aromatic heterocycles. The molecule has 0 unspecified atom stereocenters. The van der Waals surface area contributed by atoms with Crippen LogP contribution in [0.3, 0.4) is 0 Å². The van der Waals surface area contributed by atoms with Crippen LogP contribution < -0.4 is 10.6 Å². The van der Waals surface area contributed by atoms with Crippen molar-refractivity contribution >= 4 is 52.4 Å². The molecule has 2 amide bonds. The van der Waals surface area contributed by atoms with E-state index < -0.39 is 18.5 Å². The van der Waals surface area contributed by atoms with E-state index in [4.69, 9.17) is 27.9 Å². The highest BCUT2D eigenvalue weighted by atomic mass is 35.5. The standard InChI is InChI=1S/C20H20Cl2N2O4/c1-12-3-6-16(13(2)9-12)23-18(25)7-8-20(27)28-11-19(26)24-17-10-14(21)4-5-15(17)22/h3-6,9-10H,7-8,11H2,1-2H3,(H,23,25)(H,24,26). The van der Waals surface area contributed by atoms with Gasteiger partial charge in [0.15, 0.2) is 6.61 Å². The van der Waals surface area contributed by atoms with E-state index in [1.807, 2.05) is 32.0 Å². The fourth-order valence-corrected chi connectivity index (χ4v) is 2.72. The van der Waals surface area contributed by atoms with Crippen molar-refractivity contribution in [3.63, 3.8) is 0 Å². The molecular formula is C20H20Cl2N2O4. The topological polar surface area (TPSA) is 84.5 Å². The van der Waals surface area contributed by atoms with Crippen molar-refractivity contribution in [2.24, 2.45) is 0 Å². The minimum Gasteiger partial charge on any atom is -0.456 e. The lowest BCUT2D eigenvalue weighted by Gasteiger charge is -2.10. The summed E-state index contributed by atoms with van der Waals surface area (Å²) in [5.41, 5.74) is 3.05. The number of nitrogens with one attached hydrogen (secondary N) is 2. The first kappa shape index (κ1) is 21.7. The Morgan fingerprint density at radius 2 is 1.61 bits per heavy atom. The lowest BCUT2D eigenvalue weighted by molar-refractivity contribution is -0.147. The van der Waals surface area contributed by atoms with Crippen LogP contribution in [0.1, 0.15) is 24.0 Å². The number of hydrogen-bond donors (Lipinski definition) is 2. The monoisotopic (exact) mass is 422 g/mol. The molecule has 0 aliphatic heterocycles. The second-order valence-electron chi connectivity index (χ2n) is 6.20. The maximum Gasteiger partial charge on any atom is 0.306 e. The van der Waals surface area contributed by atoms with Crippen LogP contribution in [0.2, 0.25) is 10.0 Å². The van der Waals surface area contributed by atoms with Crippen molar-refractivity contribution < 1.29 is 19.1 Å². The van der Waals surface area contributed by atoms with Gasteiger partial charge in [0.1, 0.15) is 0 Å². The average molecular weight is 423 g/mol. The number of amides is 2. The Bertz CT molecular complexity index is 900. The molecule has 0 spiro atoms. The van der Waals surface area contributed by atoms with Crippen molar-refractivity contribution in [1.82, 2.24) is 0 Å². The number of rotatable bonds is 7. The SMILES string of the molecule is Cc1ccc(NC(=O)CCC(=O)OCC(=O)Nc2cc(Cl)ccc2Cl)c(C)c1. The molecule has 0 radical (unpaired) electrons. The number of halogens is 2. The Hall–Kier alpha value is -2.57. The van der Waals surface area contributed by atoms with Crippen LogP contribution in [0.5, 0.6) is 0 Å². The van der Waals surface area contributed by atoms with Gasteiger partial charge in [-0.15, -0.1) is 0 Å². The van der Waals surface area contributed by atoms with Crippen molar-refractivity contribution in [3.05, 3.63) is 57.6 Å². The highest BCUT2D eigenvalue weighted by Crippen LogP contribution is 2.25. The number of aryl methyl sites for hydroxylation is 2. The molecule has 0 saturated heterocycles. The van der Waals surface area contributed by atoms with E-state index in [-0.39, 0.29) is 18.7 Å². The van der Waals surface area contributed by atoms with Gasteiger partial charge in [-0.1, -0.05) is 40.9 Å². The number of carbonyl (C=O) groups excluding carboxylic acids is 3. The van der Waals surface area contributed by atoms with Crippen LogP contribution in [0.4, 0.5) is 11.4 Å². The molecule has 0 heterocycles. The maximum absolute atomic E-state index is 12.0. The van der Waals surface area contributed by atoms with E-state index in [2.05, 4.69) is 10.6 Å². The van der Waals surface area contributed by atoms with E-state index >= 15 is 0 Å². The number of esters is 1. The Labute approximate surface area is 173 Å². The van der Waals surface area contributed by atoms with Crippen LogP contribution in [0.25, 0.3) is 0 Å². The van der Waals surface area contributed by atoms with Crippen LogP contribution in [-0.2, 0) is 19.1 Å². The first-order chi connectivity index (χ1) is 13.2. The molecule has 0 bridgehead atoms. The largest absolute Gasteiger partial charge is 0.456 e. The summed E-state index contributed by atoms with van der Waals surface area (Å²) >= 11 is 11.8. The zero-order valence-electron chi connectivity index (χ0n) is 15.5. The van der Waals surface area contributed by atoms with Gasteiger partial charge >= 0.3 is 5.97 Å². The van der Waals surface area contributed by atoms with Crippen LogP contribution in [-0.4, -0.2) is 24.4 Å². The van der Waals surface area contributed by atoms with Gasteiger partial charge in [0.05, 0.1) is 17.1 Å². The van der Waals surface area contributed by atoms with E-state index in [1.54, 1.807) is 12.1 Å². The zero-order chi connectivity index (χ0) is 20.7. The number of anilines is 2. The smallest absolute Gasteiger partial charge is 0.306 e. The summed E-state index contributed by atoms with van der Waals surface area (Å²) in [5, 5.41) is 5.97. The summed E-state index contributed by atoms with van der Waals surface area (Å²) in [5.74, 6) is -1.51. The molecule has 6 nitrogen and oxygen atoms in total. The molecular weight excluding hydrogens is 403 g/mol. The predicted octanol–water partition coefficient (Wildman–Crippen LogP) is 4.51. The molecule has 148 valence electrons. The van der Waals surface area contributed by atoms with Gasteiger partial charge in [-0.3, -0.25) is 14.4 Å². The summed E-state index contributed by atoms with van der Waals surface area (Å²) in [6, 6.07) is 10.3. The minimum atomic E-state index is -0.650. The predicted molar refractivity (Wildman–Crippen MR) is 110 cm³/mol. The summed E-state index contributed by atoms with van der Waals surface area (Å²) in [7, 11) is 0. The second kappa shape index (κ2) is 10.1. The van der Waals surface area contributed by atoms with Gasteiger partial charge in [0, 0.05) is 17.1 Å². The molecule has 8 heteroatoms. The fourth-order valence-electron chi connectivity index (χ4n) is 2.38. The Balaban J connectivity index is 1.74. The normalized spacial score (nSPS) is 10.3. The molecule has 0 aliphatic carbocycles. The maximum atomic E-state index is 12.0. The van der Waals surface area contributed by atoms with Gasteiger partial charge in [-0.25, -0.2) is 0 Å². The first-order valence-corrected chi connectivity index (χ1v) is 9.28. The van der Waals surface area contributed by atoms with Gasteiger partial charge in [-0.2, -0.15) is 0 Å². The minimum absolute atomic E-state index is 0.0477. The Morgan fingerprint density at radius 3 is 2.32 bits per heavy atom. The van der Waals surface area contributed by atoms with Crippen LogP contribution in [0, 0.1) is 13.8 Å². The summed E-state index contributed by atoms with van der Waals surface area (Å²) in [4.78, 5) is 35.6. The highest BCUT2D eigenvalue weighted by Gasteiger charge is 2.12. The molecule has 0 fully saturated rings. The van der Waals surface area contributed by atoms with Gasteiger partial charge in [0.25, 0.3) is 5.91 Å². The van der Waals surface area contributed by atoms with Crippen LogP contribution >= 0.6 is 23.2 Å². The van der Waals surface area contributed by atoms with E-state index in [0.717, 1.165) is 11.1 Å². The zero-order valence-corrected chi connectivity index (χ0v) is 17.0. The van der Waals surface area contributed by atoms with Gasteiger partial charge in [0.2, 0.25) is 5.91 Å². The molecule has 2 aromatic carbocycles. The fraction of sp³-hybridized carbons (Fsp3) is 0.250. The van der Waals surface area contributed by atoms with Crippen molar-refractivity contribution in [2.75, 3.05) is 17.2 Å². The number of hydrogen-bond acceptors (Lipinski definition) is 4. The second-order valence-corrected chi connectivity index (χ2v) is 7.04. The third-order valence-electron chi connectivity index (χ3n) is 3.78. The Morgan fingerprint density at radius 1 is 0.893 bits per heavy atom.